The standard InChI is InChI=1S/C20H31N5O2/c1-3-24-11-6-17(21-24)19(27)23-12-8-20(9-13-23)7-4-18(26)25(15-20)16-5-10-22(2)14-16/h6,11,16H,3-5,7-10,12-15H2,1-2H3. The molecule has 7 nitrogen and oxygen atoms in total. The minimum absolute atomic E-state index is 0.0400. The average Bonchev–Trinajstić information content (AvgIpc) is 3.33. The van der Waals surface area contributed by atoms with Crippen molar-refractivity contribution in [2.45, 2.75) is 51.6 Å². The normalized spacial score (nSPS) is 26.1. The van der Waals surface area contributed by atoms with Crippen LogP contribution in [0.1, 0.15) is 49.5 Å². The van der Waals surface area contributed by atoms with Crippen LogP contribution in [0.2, 0.25) is 0 Å². The highest BCUT2D eigenvalue weighted by molar-refractivity contribution is 5.92. The van der Waals surface area contributed by atoms with Gasteiger partial charge in [-0.3, -0.25) is 14.3 Å². The van der Waals surface area contributed by atoms with Gasteiger partial charge in [0.1, 0.15) is 5.69 Å². The van der Waals surface area contributed by atoms with Crippen LogP contribution in [0.25, 0.3) is 0 Å². The van der Waals surface area contributed by atoms with E-state index in [9.17, 15) is 9.59 Å². The number of carbonyl (C=O) groups excluding carboxylic acids is 2. The predicted octanol–water partition coefficient (Wildman–Crippen LogP) is 1.45. The summed E-state index contributed by atoms with van der Waals surface area (Å²) < 4.78 is 1.79. The summed E-state index contributed by atoms with van der Waals surface area (Å²) in [5, 5.41) is 4.36. The molecule has 3 saturated heterocycles. The molecule has 7 heteroatoms. The van der Waals surface area contributed by atoms with E-state index < -0.39 is 0 Å². The van der Waals surface area contributed by atoms with E-state index in [1.54, 1.807) is 4.68 Å². The van der Waals surface area contributed by atoms with Crippen LogP contribution in [0.3, 0.4) is 0 Å². The SMILES string of the molecule is CCn1ccc(C(=O)N2CCC3(CCC(=O)N(C4CCN(C)C4)C3)CC2)n1. The number of piperidine rings is 2. The minimum atomic E-state index is 0.0400. The molecule has 3 aliphatic rings. The Morgan fingerprint density at radius 3 is 2.67 bits per heavy atom. The number of hydrogen-bond acceptors (Lipinski definition) is 4. The second-order valence-electron chi connectivity index (χ2n) is 8.58. The monoisotopic (exact) mass is 373 g/mol. The van der Waals surface area contributed by atoms with E-state index >= 15 is 0 Å². The van der Waals surface area contributed by atoms with Gasteiger partial charge in [0, 0.05) is 51.4 Å². The number of hydrogen-bond donors (Lipinski definition) is 0. The summed E-state index contributed by atoms with van der Waals surface area (Å²) in [6.45, 7) is 7.27. The molecule has 1 aromatic heterocycles. The van der Waals surface area contributed by atoms with Crippen LogP contribution in [0.15, 0.2) is 12.3 Å². The molecule has 3 aliphatic heterocycles. The van der Waals surface area contributed by atoms with Crippen molar-refractivity contribution in [1.29, 1.82) is 0 Å². The Hall–Kier alpha value is -1.89. The van der Waals surface area contributed by atoms with Gasteiger partial charge >= 0.3 is 0 Å². The molecule has 27 heavy (non-hydrogen) atoms. The summed E-state index contributed by atoms with van der Waals surface area (Å²) >= 11 is 0. The summed E-state index contributed by atoms with van der Waals surface area (Å²) in [5.74, 6) is 0.364. The summed E-state index contributed by atoms with van der Waals surface area (Å²) in [5.41, 5.74) is 0.733. The topological polar surface area (TPSA) is 61.7 Å². The first-order valence-electron chi connectivity index (χ1n) is 10.3. The average molecular weight is 374 g/mol. The third-order valence-electron chi connectivity index (χ3n) is 6.80. The molecule has 4 heterocycles. The van der Waals surface area contributed by atoms with Crippen LogP contribution in [-0.2, 0) is 11.3 Å². The molecular formula is C20H31N5O2. The van der Waals surface area contributed by atoms with Crippen molar-refractivity contribution in [3.8, 4) is 0 Å². The number of aromatic nitrogens is 2. The maximum atomic E-state index is 12.7. The highest BCUT2D eigenvalue weighted by atomic mass is 16.2. The maximum absolute atomic E-state index is 12.7. The van der Waals surface area contributed by atoms with Gasteiger partial charge in [-0.05, 0) is 57.7 Å². The molecule has 4 rings (SSSR count). The van der Waals surface area contributed by atoms with Crippen LogP contribution in [-0.4, -0.2) is 82.1 Å². The number of rotatable bonds is 3. The summed E-state index contributed by atoms with van der Waals surface area (Å²) in [6.07, 6.45) is 6.55. The lowest BCUT2D eigenvalue weighted by atomic mass is 9.72. The summed E-state index contributed by atoms with van der Waals surface area (Å²) in [7, 11) is 2.13. The lowest BCUT2D eigenvalue weighted by Gasteiger charge is -2.48. The molecule has 0 aliphatic carbocycles. The molecule has 3 fully saturated rings. The van der Waals surface area contributed by atoms with Crippen molar-refractivity contribution in [2.75, 3.05) is 39.8 Å². The van der Waals surface area contributed by atoms with E-state index in [0.717, 1.165) is 65.0 Å². The Morgan fingerprint density at radius 2 is 2.04 bits per heavy atom. The minimum Gasteiger partial charge on any atom is -0.338 e. The number of nitrogens with zero attached hydrogens (tertiary/aromatic N) is 5. The Kier molecular flexibility index (Phi) is 4.97. The van der Waals surface area contributed by atoms with E-state index in [1.807, 2.05) is 24.1 Å². The smallest absolute Gasteiger partial charge is 0.274 e. The molecule has 0 saturated carbocycles. The quantitative estimate of drug-likeness (QED) is 0.805. The molecule has 0 radical (unpaired) electrons. The Balaban J connectivity index is 1.38. The molecule has 1 spiro atoms. The van der Waals surface area contributed by atoms with Crippen molar-refractivity contribution >= 4 is 11.8 Å². The molecule has 1 unspecified atom stereocenters. The third kappa shape index (κ3) is 3.61. The van der Waals surface area contributed by atoms with Crippen LogP contribution >= 0.6 is 0 Å². The van der Waals surface area contributed by atoms with Crippen molar-refractivity contribution in [3.63, 3.8) is 0 Å². The van der Waals surface area contributed by atoms with Gasteiger partial charge in [-0.15, -0.1) is 0 Å². The second kappa shape index (κ2) is 7.26. The summed E-state index contributed by atoms with van der Waals surface area (Å²) in [4.78, 5) is 31.7. The number of amides is 2. The largest absolute Gasteiger partial charge is 0.338 e. The van der Waals surface area contributed by atoms with Gasteiger partial charge in [0.2, 0.25) is 5.91 Å². The van der Waals surface area contributed by atoms with Crippen LogP contribution < -0.4 is 0 Å². The maximum Gasteiger partial charge on any atom is 0.274 e. The molecule has 1 aromatic rings. The molecule has 2 amide bonds. The number of aryl methyl sites for hydroxylation is 1. The van der Waals surface area contributed by atoms with Gasteiger partial charge in [0.25, 0.3) is 5.91 Å². The lowest BCUT2D eigenvalue weighted by Crippen LogP contribution is -2.55. The van der Waals surface area contributed by atoms with Gasteiger partial charge in [-0.25, -0.2) is 0 Å². The molecule has 0 bridgehead atoms. The van der Waals surface area contributed by atoms with Gasteiger partial charge in [0.15, 0.2) is 0 Å². The fraction of sp³-hybridized carbons (Fsp3) is 0.750. The first kappa shape index (κ1) is 18.5. The van der Waals surface area contributed by atoms with Crippen LogP contribution in [0.5, 0.6) is 0 Å². The molecular weight excluding hydrogens is 342 g/mol. The van der Waals surface area contributed by atoms with Gasteiger partial charge in [-0.2, -0.15) is 5.10 Å². The van der Waals surface area contributed by atoms with E-state index in [2.05, 4.69) is 21.9 Å². The first-order chi connectivity index (χ1) is 13.0. The second-order valence-corrected chi connectivity index (χ2v) is 8.58. The van der Waals surface area contributed by atoms with Crippen molar-refractivity contribution in [2.24, 2.45) is 5.41 Å². The Bertz CT molecular complexity index is 707. The van der Waals surface area contributed by atoms with E-state index in [1.165, 1.54) is 0 Å². The number of carbonyl (C=O) groups is 2. The third-order valence-corrected chi connectivity index (χ3v) is 6.80. The van der Waals surface area contributed by atoms with Gasteiger partial charge in [0.05, 0.1) is 0 Å². The van der Waals surface area contributed by atoms with E-state index in [0.29, 0.717) is 24.1 Å². The summed E-state index contributed by atoms with van der Waals surface area (Å²) in [6, 6.07) is 2.19. The fourth-order valence-corrected chi connectivity index (χ4v) is 4.95. The highest BCUT2D eigenvalue weighted by Crippen LogP contribution is 2.41. The van der Waals surface area contributed by atoms with Crippen molar-refractivity contribution in [3.05, 3.63) is 18.0 Å². The van der Waals surface area contributed by atoms with E-state index in [-0.39, 0.29) is 11.3 Å². The van der Waals surface area contributed by atoms with E-state index in [4.69, 9.17) is 0 Å². The van der Waals surface area contributed by atoms with Gasteiger partial charge < -0.3 is 14.7 Å². The molecule has 148 valence electrons. The van der Waals surface area contributed by atoms with Crippen LogP contribution in [0.4, 0.5) is 0 Å². The number of likely N-dealkylation sites (tertiary alicyclic amines) is 3. The van der Waals surface area contributed by atoms with Crippen LogP contribution in [0, 0.1) is 5.41 Å². The molecule has 0 aromatic carbocycles. The first-order valence-corrected chi connectivity index (χ1v) is 10.3. The Morgan fingerprint density at radius 1 is 1.26 bits per heavy atom. The Labute approximate surface area is 161 Å². The zero-order valence-corrected chi connectivity index (χ0v) is 16.6. The number of likely N-dealkylation sites (N-methyl/N-ethyl adjacent to an activating group) is 1. The highest BCUT2D eigenvalue weighted by Gasteiger charge is 2.44. The van der Waals surface area contributed by atoms with Gasteiger partial charge in [-0.1, -0.05) is 0 Å². The molecule has 0 N–H and O–H groups in total. The zero-order chi connectivity index (χ0) is 19.0. The lowest BCUT2D eigenvalue weighted by molar-refractivity contribution is -0.141. The predicted molar refractivity (Wildman–Crippen MR) is 102 cm³/mol. The molecule has 1 atom stereocenters. The fourth-order valence-electron chi connectivity index (χ4n) is 4.95. The van der Waals surface area contributed by atoms with Crippen molar-refractivity contribution < 1.29 is 9.59 Å². The zero-order valence-electron chi connectivity index (χ0n) is 16.6. The van der Waals surface area contributed by atoms with Crippen molar-refractivity contribution in [1.82, 2.24) is 24.5 Å².